The molecule has 0 radical (unpaired) electrons. The quantitative estimate of drug-likeness (QED) is 0.561. The molecule has 0 amide bonds. The van der Waals surface area contributed by atoms with Crippen LogP contribution in [-0.4, -0.2) is 34.1 Å². The number of aromatic nitrogens is 3. The van der Waals surface area contributed by atoms with Gasteiger partial charge >= 0.3 is 0 Å². The Morgan fingerprint density at radius 3 is 2.71 bits per heavy atom. The minimum atomic E-state index is -1.02. The summed E-state index contributed by atoms with van der Waals surface area (Å²) in [5, 5.41) is 5.60. The molecule has 1 saturated heterocycles. The van der Waals surface area contributed by atoms with Crippen LogP contribution in [0.15, 0.2) is 55.1 Å². The van der Waals surface area contributed by atoms with E-state index in [0.717, 1.165) is 5.56 Å². The van der Waals surface area contributed by atoms with E-state index in [4.69, 9.17) is 49.0 Å². The van der Waals surface area contributed by atoms with E-state index in [0.29, 0.717) is 34.0 Å². The first kappa shape index (κ1) is 19.5. The smallest absolute Gasteiger partial charge is 0.215 e. The summed E-state index contributed by atoms with van der Waals surface area (Å²) in [5.41, 5.74) is 0.829. The van der Waals surface area contributed by atoms with Crippen molar-refractivity contribution >= 4 is 34.8 Å². The van der Waals surface area contributed by atoms with Gasteiger partial charge in [0, 0.05) is 10.6 Å². The van der Waals surface area contributed by atoms with Gasteiger partial charge in [-0.3, -0.25) is 0 Å². The third-order valence-corrected chi connectivity index (χ3v) is 5.37. The van der Waals surface area contributed by atoms with Gasteiger partial charge < -0.3 is 14.2 Å². The summed E-state index contributed by atoms with van der Waals surface area (Å²) < 4.78 is 19.9. The first-order valence-electron chi connectivity index (χ1n) is 8.53. The molecular weight excluding hydrogens is 425 g/mol. The van der Waals surface area contributed by atoms with Crippen LogP contribution in [-0.2, 0) is 21.8 Å². The molecule has 2 heterocycles. The molecule has 0 spiro atoms. The number of hydrogen-bond acceptors (Lipinski definition) is 5. The zero-order valence-electron chi connectivity index (χ0n) is 14.6. The highest BCUT2D eigenvalue weighted by atomic mass is 35.5. The number of ether oxygens (including phenoxy) is 3. The predicted molar refractivity (Wildman–Crippen MR) is 106 cm³/mol. The Labute approximate surface area is 176 Å². The van der Waals surface area contributed by atoms with Crippen molar-refractivity contribution in [1.29, 1.82) is 0 Å². The van der Waals surface area contributed by atoms with Gasteiger partial charge in [0.1, 0.15) is 42.7 Å². The minimum absolute atomic E-state index is 0.257. The summed E-state index contributed by atoms with van der Waals surface area (Å²) in [6.07, 6.45) is 2.76. The highest BCUT2D eigenvalue weighted by molar-refractivity contribution is 6.42. The molecule has 1 aliphatic heterocycles. The average molecular weight is 441 g/mol. The van der Waals surface area contributed by atoms with Gasteiger partial charge in [-0.05, 0) is 24.3 Å². The van der Waals surface area contributed by atoms with Gasteiger partial charge in [-0.15, -0.1) is 0 Å². The minimum Gasteiger partial charge on any atom is -0.489 e. The molecule has 3 aromatic rings. The largest absolute Gasteiger partial charge is 0.489 e. The Kier molecular flexibility index (Phi) is 5.75. The summed E-state index contributed by atoms with van der Waals surface area (Å²) in [7, 11) is 0. The fourth-order valence-electron chi connectivity index (χ4n) is 2.98. The van der Waals surface area contributed by atoms with Crippen molar-refractivity contribution in [3.05, 3.63) is 75.8 Å². The van der Waals surface area contributed by atoms with Crippen molar-refractivity contribution in [2.45, 2.75) is 18.4 Å². The van der Waals surface area contributed by atoms with Gasteiger partial charge in [-0.2, -0.15) is 5.10 Å². The van der Waals surface area contributed by atoms with Crippen LogP contribution in [0, 0.1) is 0 Å². The third kappa shape index (κ3) is 4.11. The Hall–Kier alpha value is -1.83. The van der Waals surface area contributed by atoms with Crippen molar-refractivity contribution in [1.82, 2.24) is 14.8 Å². The zero-order valence-corrected chi connectivity index (χ0v) is 16.9. The normalized spacial score (nSPS) is 21.8. The Morgan fingerprint density at radius 2 is 1.96 bits per heavy atom. The van der Waals surface area contributed by atoms with E-state index in [-0.39, 0.29) is 12.7 Å². The molecule has 146 valence electrons. The van der Waals surface area contributed by atoms with Crippen LogP contribution < -0.4 is 4.74 Å². The lowest BCUT2D eigenvalue weighted by Gasteiger charge is -2.28. The van der Waals surface area contributed by atoms with Gasteiger partial charge in [-0.1, -0.05) is 53.0 Å². The second-order valence-electron chi connectivity index (χ2n) is 6.27. The number of hydrogen-bond donors (Lipinski definition) is 0. The molecule has 0 saturated carbocycles. The Balaban J connectivity index is 1.52. The molecule has 2 unspecified atom stereocenters. The van der Waals surface area contributed by atoms with Crippen LogP contribution in [0.2, 0.25) is 15.1 Å². The molecular formula is C19H16Cl3N3O3. The fourth-order valence-corrected chi connectivity index (χ4v) is 3.45. The van der Waals surface area contributed by atoms with E-state index < -0.39 is 5.79 Å². The number of rotatable bonds is 6. The van der Waals surface area contributed by atoms with Crippen molar-refractivity contribution in [2.75, 3.05) is 13.2 Å². The van der Waals surface area contributed by atoms with E-state index >= 15 is 0 Å². The van der Waals surface area contributed by atoms with E-state index in [9.17, 15) is 0 Å². The van der Waals surface area contributed by atoms with Crippen LogP contribution in [0.1, 0.15) is 5.56 Å². The second-order valence-corrected chi connectivity index (χ2v) is 7.49. The highest BCUT2D eigenvalue weighted by Gasteiger charge is 2.44. The summed E-state index contributed by atoms with van der Waals surface area (Å²) in [6, 6.07) is 12.6. The second kappa shape index (κ2) is 8.27. The Morgan fingerprint density at radius 1 is 1.14 bits per heavy atom. The van der Waals surface area contributed by atoms with E-state index in [1.807, 2.05) is 12.1 Å². The number of benzene rings is 2. The predicted octanol–water partition coefficient (Wildman–Crippen LogP) is 4.59. The monoisotopic (exact) mass is 439 g/mol. The van der Waals surface area contributed by atoms with Gasteiger partial charge in [0.15, 0.2) is 0 Å². The van der Waals surface area contributed by atoms with Gasteiger partial charge in [-0.25, -0.2) is 9.67 Å². The van der Waals surface area contributed by atoms with Crippen LogP contribution in [0.5, 0.6) is 5.75 Å². The molecule has 0 aliphatic carbocycles. The molecule has 1 aliphatic rings. The van der Waals surface area contributed by atoms with Gasteiger partial charge in [0.2, 0.25) is 5.79 Å². The molecule has 0 N–H and O–H groups in total. The lowest BCUT2D eigenvalue weighted by molar-refractivity contribution is -0.190. The first-order valence-corrected chi connectivity index (χ1v) is 9.66. The summed E-state index contributed by atoms with van der Waals surface area (Å²) in [5.74, 6) is -0.525. The molecule has 0 bridgehead atoms. The molecule has 2 aromatic carbocycles. The lowest BCUT2D eigenvalue weighted by Crippen LogP contribution is -2.34. The van der Waals surface area contributed by atoms with Crippen LogP contribution >= 0.6 is 34.8 Å². The maximum absolute atomic E-state index is 6.29. The summed E-state index contributed by atoms with van der Waals surface area (Å²) in [4.78, 5) is 3.98. The van der Waals surface area contributed by atoms with Crippen molar-refractivity contribution in [3.8, 4) is 5.75 Å². The summed E-state index contributed by atoms with van der Waals surface area (Å²) >= 11 is 18.2. The van der Waals surface area contributed by atoms with Crippen LogP contribution in [0.25, 0.3) is 0 Å². The maximum atomic E-state index is 6.29. The van der Waals surface area contributed by atoms with Crippen LogP contribution in [0.4, 0.5) is 0 Å². The molecule has 1 aromatic heterocycles. The third-order valence-electron chi connectivity index (χ3n) is 4.32. The molecule has 9 heteroatoms. The topological polar surface area (TPSA) is 58.4 Å². The fraction of sp³-hybridized carbons (Fsp3) is 0.263. The Bertz CT molecular complexity index is 937. The van der Waals surface area contributed by atoms with Gasteiger partial charge in [0.25, 0.3) is 0 Å². The zero-order chi connectivity index (χ0) is 19.6. The SMILES string of the molecule is Clc1ccc(C2(Cn3cncn3)OCC(COc3cccc(Cl)c3Cl)O2)cc1. The van der Waals surface area contributed by atoms with E-state index in [2.05, 4.69) is 10.1 Å². The molecule has 1 fully saturated rings. The van der Waals surface area contributed by atoms with E-state index in [1.54, 1.807) is 41.3 Å². The molecule has 2 atom stereocenters. The van der Waals surface area contributed by atoms with Crippen molar-refractivity contribution in [2.24, 2.45) is 0 Å². The molecule has 4 rings (SSSR count). The first-order chi connectivity index (χ1) is 13.6. The van der Waals surface area contributed by atoms with Crippen molar-refractivity contribution < 1.29 is 14.2 Å². The average Bonchev–Trinajstić information content (AvgIpc) is 3.34. The molecule has 6 nitrogen and oxygen atoms in total. The molecule has 28 heavy (non-hydrogen) atoms. The van der Waals surface area contributed by atoms with Crippen molar-refractivity contribution in [3.63, 3.8) is 0 Å². The number of halogens is 3. The lowest BCUT2D eigenvalue weighted by atomic mass is 10.1. The highest BCUT2D eigenvalue weighted by Crippen LogP contribution is 2.37. The maximum Gasteiger partial charge on any atom is 0.215 e. The number of nitrogens with zero attached hydrogens (tertiary/aromatic N) is 3. The van der Waals surface area contributed by atoms with Crippen LogP contribution in [0.3, 0.4) is 0 Å². The standard InChI is InChI=1S/C19H16Cl3N3O3/c20-14-6-4-13(5-7-14)19(10-25-12-23-11-24-25)27-9-15(28-19)8-26-17-3-1-2-16(21)18(17)22/h1-7,11-12,15H,8-10H2. The summed E-state index contributed by atoms with van der Waals surface area (Å²) in [6.45, 7) is 0.936. The van der Waals surface area contributed by atoms with E-state index in [1.165, 1.54) is 6.33 Å². The van der Waals surface area contributed by atoms with Gasteiger partial charge in [0.05, 0.1) is 11.6 Å².